The Bertz CT molecular complexity index is 1390. The molecule has 0 bridgehead atoms. The van der Waals surface area contributed by atoms with Crippen LogP contribution in [0.1, 0.15) is 17.2 Å². The van der Waals surface area contributed by atoms with Crippen LogP contribution in [-0.2, 0) is 9.59 Å². The first-order valence-corrected chi connectivity index (χ1v) is 11.2. The molecule has 35 heavy (non-hydrogen) atoms. The van der Waals surface area contributed by atoms with Crippen LogP contribution in [0.2, 0.25) is 15.1 Å². The Morgan fingerprint density at radius 1 is 0.914 bits per heavy atom. The van der Waals surface area contributed by atoms with Crippen molar-refractivity contribution in [1.82, 2.24) is 0 Å². The summed E-state index contributed by atoms with van der Waals surface area (Å²) in [5.74, 6) is -2.99. The Morgan fingerprint density at radius 3 is 2.23 bits per heavy atom. The van der Waals surface area contributed by atoms with Crippen molar-refractivity contribution in [2.45, 2.75) is 6.04 Å². The van der Waals surface area contributed by atoms with Gasteiger partial charge in [-0.2, -0.15) is 0 Å². The molecule has 4 rings (SSSR count). The number of aliphatic hydroxyl groups excluding tert-OH is 1. The average Bonchev–Trinajstić information content (AvgIpc) is 3.10. The number of methoxy groups -OCH3 is 2. The van der Waals surface area contributed by atoms with Gasteiger partial charge in [0.25, 0.3) is 11.7 Å². The number of Topliss-reactive ketones (excluding diaryl/α,β-unsaturated/α-hetero) is 1. The van der Waals surface area contributed by atoms with E-state index in [-0.39, 0.29) is 49.0 Å². The van der Waals surface area contributed by atoms with Crippen LogP contribution >= 0.6 is 34.8 Å². The number of carbonyl (C=O) groups is 2. The van der Waals surface area contributed by atoms with E-state index in [1.165, 1.54) is 62.8 Å². The molecule has 0 spiro atoms. The number of nitrogens with zero attached hydrogens (tertiary/aromatic N) is 1. The number of hydrogen-bond acceptors (Lipinski definition) is 5. The van der Waals surface area contributed by atoms with E-state index >= 15 is 4.39 Å². The predicted molar refractivity (Wildman–Crippen MR) is 132 cm³/mol. The maximum Gasteiger partial charge on any atom is 0.300 e. The molecule has 0 aromatic heterocycles. The SMILES string of the molecule is COc1cc(/C(O)=C2\C(=O)C(=O)N(c3ccc(Cl)c(Cl)c3)C2c2ccccc2F)c(OC)cc1Cl. The Labute approximate surface area is 215 Å². The van der Waals surface area contributed by atoms with Crippen LogP contribution in [0.4, 0.5) is 10.1 Å². The van der Waals surface area contributed by atoms with Gasteiger partial charge in [-0.1, -0.05) is 53.0 Å². The van der Waals surface area contributed by atoms with Crippen LogP contribution in [-0.4, -0.2) is 31.0 Å². The van der Waals surface area contributed by atoms with E-state index in [2.05, 4.69) is 0 Å². The molecule has 0 radical (unpaired) electrons. The smallest absolute Gasteiger partial charge is 0.300 e. The van der Waals surface area contributed by atoms with Crippen molar-refractivity contribution in [3.8, 4) is 11.5 Å². The van der Waals surface area contributed by atoms with Crippen molar-refractivity contribution in [2.24, 2.45) is 0 Å². The molecule has 0 aliphatic carbocycles. The highest BCUT2D eigenvalue weighted by atomic mass is 35.5. The van der Waals surface area contributed by atoms with Gasteiger partial charge >= 0.3 is 0 Å². The molecule has 0 saturated carbocycles. The van der Waals surface area contributed by atoms with Crippen molar-refractivity contribution in [1.29, 1.82) is 0 Å². The second-order valence-corrected chi connectivity index (χ2v) is 8.70. The fraction of sp³-hybridized carbons (Fsp3) is 0.120. The quantitative estimate of drug-likeness (QED) is 0.231. The van der Waals surface area contributed by atoms with Crippen LogP contribution in [0.25, 0.3) is 5.76 Å². The van der Waals surface area contributed by atoms with Gasteiger partial charge in [-0.15, -0.1) is 0 Å². The Kier molecular flexibility index (Phi) is 6.94. The third-order valence-corrected chi connectivity index (χ3v) is 6.59. The summed E-state index contributed by atoms with van der Waals surface area (Å²) in [4.78, 5) is 27.6. The van der Waals surface area contributed by atoms with E-state index in [1.807, 2.05) is 0 Å². The minimum Gasteiger partial charge on any atom is -0.507 e. The zero-order chi connectivity index (χ0) is 25.4. The standard InChI is InChI=1S/C25H17Cl3FNO5/c1-34-19-11-17(28)20(35-2)10-14(19)23(31)21-22(13-5-3-4-6-18(13)29)30(25(33)24(21)32)12-7-8-15(26)16(27)9-12/h3-11,22,31H,1-2H3/b23-21+. The number of anilines is 1. The number of carbonyl (C=O) groups excluding carboxylic acids is 2. The average molecular weight is 537 g/mol. The van der Waals surface area contributed by atoms with Gasteiger partial charge < -0.3 is 14.6 Å². The largest absolute Gasteiger partial charge is 0.507 e. The maximum absolute atomic E-state index is 15.0. The monoisotopic (exact) mass is 535 g/mol. The summed E-state index contributed by atoms with van der Waals surface area (Å²) in [7, 11) is 2.72. The topological polar surface area (TPSA) is 76.1 Å². The van der Waals surface area contributed by atoms with Gasteiger partial charge in [-0.25, -0.2) is 4.39 Å². The molecule has 10 heteroatoms. The Balaban J connectivity index is 2.03. The van der Waals surface area contributed by atoms with E-state index < -0.39 is 29.3 Å². The lowest BCUT2D eigenvalue weighted by atomic mass is 9.94. The van der Waals surface area contributed by atoms with E-state index in [4.69, 9.17) is 44.3 Å². The summed E-state index contributed by atoms with van der Waals surface area (Å²) in [6.45, 7) is 0. The van der Waals surface area contributed by atoms with Crippen molar-refractivity contribution in [3.63, 3.8) is 0 Å². The van der Waals surface area contributed by atoms with E-state index in [0.717, 1.165) is 4.90 Å². The molecule has 1 unspecified atom stereocenters. The molecule has 1 saturated heterocycles. The highest BCUT2D eigenvalue weighted by Gasteiger charge is 2.48. The zero-order valence-corrected chi connectivity index (χ0v) is 20.6. The van der Waals surface area contributed by atoms with Gasteiger partial charge in [0.1, 0.15) is 23.1 Å². The lowest BCUT2D eigenvalue weighted by Crippen LogP contribution is -2.29. The van der Waals surface area contributed by atoms with Gasteiger partial charge in [-0.3, -0.25) is 14.5 Å². The van der Waals surface area contributed by atoms with Crippen LogP contribution in [0.3, 0.4) is 0 Å². The van der Waals surface area contributed by atoms with E-state index in [1.54, 1.807) is 6.07 Å². The summed E-state index contributed by atoms with van der Waals surface area (Å²) in [6.07, 6.45) is 0. The first-order chi connectivity index (χ1) is 16.7. The molecule has 1 aliphatic heterocycles. The number of hydrogen-bond donors (Lipinski definition) is 1. The van der Waals surface area contributed by atoms with Crippen LogP contribution in [0, 0.1) is 5.82 Å². The first kappa shape index (κ1) is 24.9. The summed E-state index contributed by atoms with van der Waals surface area (Å²) in [5.41, 5.74) is -0.148. The van der Waals surface area contributed by atoms with Crippen molar-refractivity contribution in [2.75, 3.05) is 19.1 Å². The van der Waals surface area contributed by atoms with Gasteiger partial charge in [0.05, 0.1) is 46.5 Å². The maximum atomic E-state index is 15.0. The molecule has 3 aromatic rings. The Hall–Kier alpha value is -3.26. The number of halogens is 4. The fourth-order valence-electron chi connectivity index (χ4n) is 3.92. The highest BCUT2D eigenvalue weighted by molar-refractivity contribution is 6.52. The molecule has 6 nitrogen and oxygen atoms in total. The predicted octanol–water partition coefficient (Wildman–Crippen LogP) is 6.43. The van der Waals surface area contributed by atoms with E-state index in [0.29, 0.717) is 0 Å². The second-order valence-electron chi connectivity index (χ2n) is 7.48. The third-order valence-electron chi connectivity index (χ3n) is 5.55. The molecule has 3 aromatic carbocycles. The lowest BCUT2D eigenvalue weighted by Gasteiger charge is -2.26. The van der Waals surface area contributed by atoms with Crippen molar-refractivity contribution in [3.05, 3.63) is 92.2 Å². The minimum atomic E-state index is -1.32. The van der Waals surface area contributed by atoms with Gasteiger partial charge in [0.15, 0.2) is 0 Å². The van der Waals surface area contributed by atoms with Crippen LogP contribution < -0.4 is 14.4 Å². The molecule has 1 atom stereocenters. The normalized spacial score (nSPS) is 17.1. The summed E-state index contributed by atoms with van der Waals surface area (Å²) in [5, 5.41) is 11.9. The van der Waals surface area contributed by atoms with Crippen LogP contribution in [0.5, 0.6) is 11.5 Å². The molecule has 1 amide bonds. The molecular weight excluding hydrogens is 520 g/mol. The zero-order valence-electron chi connectivity index (χ0n) is 18.3. The molecule has 1 fully saturated rings. The van der Waals surface area contributed by atoms with Crippen molar-refractivity contribution < 1.29 is 28.6 Å². The highest BCUT2D eigenvalue weighted by Crippen LogP contribution is 2.46. The summed E-state index contributed by atoms with van der Waals surface area (Å²) in [6, 6.07) is 11.4. The summed E-state index contributed by atoms with van der Waals surface area (Å²) >= 11 is 18.3. The van der Waals surface area contributed by atoms with Gasteiger partial charge in [0, 0.05) is 17.3 Å². The molecule has 1 heterocycles. The minimum absolute atomic E-state index is 0.0146. The molecular formula is C25H17Cl3FNO5. The second kappa shape index (κ2) is 9.77. The summed E-state index contributed by atoms with van der Waals surface area (Å²) < 4.78 is 25.6. The van der Waals surface area contributed by atoms with Crippen molar-refractivity contribution >= 4 is 57.9 Å². The number of amides is 1. The van der Waals surface area contributed by atoms with Crippen LogP contribution in [0.15, 0.2) is 60.2 Å². The first-order valence-electron chi connectivity index (χ1n) is 10.1. The number of ether oxygens (including phenoxy) is 2. The lowest BCUT2D eigenvalue weighted by molar-refractivity contribution is -0.132. The number of benzene rings is 3. The van der Waals surface area contributed by atoms with E-state index in [9.17, 15) is 14.7 Å². The molecule has 1 aliphatic rings. The number of ketones is 1. The Morgan fingerprint density at radius 2 is 1.60 bits per heavy atom. The van der Waals surface area contributed by atoms with Gasteiger partial charge in [0.2, 0.25) is 0 Å². The number of rotatable bonds is 5. The van der Waals surface area contributed by atoms with Gasteiger partial charge in [-0.05, 0) is 30.3 Å². The molecule has 180 valence electrons. The third kappa shape index (κ3) is 4.31. The number of aliphatic hydroxyl groups is 1. The fourth-order valence-corrected chi connectivity index (χ4v) is 4.44. The molecule has 1 N–H and O–H groups in total.